The van der Waals surface area contributed by atoms with Crippen molar-refractivity contribution in [3.8, 4) is 0 Å². The Morgan fingerprint density at radius 2 is 1.81 bits per heavy atom. The van der Waals surface area contributed by atoms with Crippen LogP contribution in [0.1, 0.15) is 34.3 Å². The molecule has 2 N–H and O–H groups in total. The first-order valence-electron chi connectivity index (χ1n) is 7.94. The van der Waals surface area contributed by atoms with Crippen molar-refractivity contribution in [2.75, 3.05) is 0 Å². The topological polar surface area (TPSA) is 101 Å². The first-order valence-corrected chi connectivity index (χ1v) is 10.2. The van der Waals surface area contributed by atoms with Crippen molar-refractivity contribution < 1.29 is 23.1 Å². The number of aromatic carboxylic acids is 1. The molecule has 1 fully saturated rings. The zero-order valence-electron chi connectivity index (χ0n) is 14.1. The third-order valence-electron chi connectivity index (χ3n) is 4.57. The highest BCUT2D eigenvalue weighted by Crippen LogP contribution is 2.51. The van der Waals surface area contributed by atoms with Crippen LogP contribution in [0.25, 0.3) is 0 Å². The number of nitrogens with one attached hydrogen (secondary N) is 1. The van der Waals surface area contributed by atoms with Gasteiger partial charge in [0.1, 0.15) is 4.90 Å². The monoisotopic (exact) mass is 427 g/mol. The van der Waals surface area contributed by atoms with Gasteiger partial charge in [0.25, 0.3) is 10.0 Å². The Morgan fingerprint density at radius 3 is 2.37 bits per heavy atom. The smallest absolute Gasteiger partial charge is 0.337 e. The summed E-state index contributed by atoms with van der Waals surface area (Å²) < 4.78 is 27.6. The minimum absolute atomic E-state index is 0.226. The van der Waals surface area contributed by atoms with Gasteiger partial charge in [0.2, 0.25) is 5.91 Å². The van der Waals surface area contributed by atoms with Gasteiger partial charge in [-0.1, -0.05) is 41.4 Å². The molecule has 142 valence electrons. The fraction of sp³-hybridized carbons (Fsp3) is 0.222. The van der Waals surface area contributed by atoms with Crippen molar-refractivity contribution in [1.29, 1.82) is 0 Å². The maximum atomic E-state index is 12.8. The van der Waals surface area contributed by atoms with Crippen LogP contribution in [0, 0.1) is 6.92 Å². The third kappa shape index (κ3) is 3.54. The number of carboxylic acids is 1. The molecule has 0 bridgehead atoms. The Morgan fingerprint density at radius 1 is 1.15 bits per heavy atom. The first kappa shape index (κ1) is 19.7. The molecule has 0 unspecified atom stereocenters. The molecule has 0 radical (unpaired) electrons. The van der Waals surface area contributed by atoms with E-state index in [1.54, 1.807) is 12.1 Å². The number of rotatable bonds is 5. The minimum Gasteiger partial charge on any atom is -0.478 e. The second-order valence-corrected chi connectivity index (χ2v) is 8.86. The minimum atomic E-state index is -4.39. The van der Waals surface area contributed by atoms with Crippen LogP contribution in [-0.2, 0) is 20.2 Å². The van der Waals surface area contributed by atoms with Crippen LogP contribution in [0.4, 0.5) is 0 Å². The number of halogens is 2. The van der Waals surface area contributed by atoms with Crippen LogP contribution in [0.3, 0.4) is 0 Å². The average molecular weight is 428 g/mol. The molecule has 2 aromatic rings. The molecule has 1 aliphatic carbocycles. The molecular weight excluding hydrogens is 413 g/mol. The lowest BCUT2D eigenvalue weighted by Gasteiger charge is -2.18. The fourth-order valence-electron chi connectivity index (χ4n) is 3.07. The molecule has 0 aromatic heterocycles. The standard InChI is InChI=1S/C18H15Cl2NO5S/c1-10-3-2-4-12(16(22)23)15(10)27(25,26)21-17(24)18(7-8-18)13-6-5-11(19)9-14(13)20/h2-6,9H,7-8H2,1H3,(H,21,24)(H,22,23). The lowest BCUT2D eigenvalue weighted by Crippen LogP contribution is -2.39. The van der Waals surface area contributed by atoms with Gasteiger partial charge in [-0.15, -0.1) is 0 Å². The van der Waals surface area contributed by atoms with E-state index >= 15 is 0 Å². The van der Waals surface area contributed by atoms with Crippen LogP contribution in [0.15, 0.2) is 41.3 Å². The number of carbonyl (C=O) groups excluding carboxylic acids is 1. The maximum absolute atomic E-state index is 12.8. The number of carbonyl (C=O) groups is 2. The third-order valence-corrected chi connectivity index (χ3v) is 6.65. The Hall–Kier alpha value is -2.09. The molecule has 0 aliphatic heterocycles. The Kier molecular flexibility index (Phi) is 4.96. The van der Waals surface area contributed by atoms with Gasteiger partial charge in [0.05, 0.1) is 11.0 Å². The number of hydrogen-bond acceptors (Lipinski definition) is 4. The summed E-state index contributed by atoms with van der Waals surface area (Å²) in [5, 5.41) is 9.97. The summed E-state index contributed by atoms with van der Waals surface area (Å²) in [5.74, 6) is -2.14. The van der Waals surface area contributed by atoms with E-state index in [0.29, 0.717) is 23.4 Å². The van der Waals surface area contributed by atoms with Gasteiger partial charge in [-0.25, -0.2) is 17.9 Å². The molecule has 1 aliphatic rings. The molecule has 0 atom stereocenters. The van der Waals surface area contributed by atoms with Crippen molar-refractivity contribution >= 4 is 45.1 Å². The summed E-state index contributed by atoms with van der Waals surface area (Å²) in [6.45, 7) is 1.47. The van der Waals surface area contributed by atoms with Gasteiger partial charge in [0.15, 0.2) is 0 Å². The van der Waals surface area contributed by atoms with Crippen molar-refractivity contribution in [3.05, 3.63) is 63.1 Å². The number of benzene rings is 2. The Labute approximate surface area is 166 Å². The summed E-state index contributed by atoms with van der Waals surface area (Å²) in [5.41, 5.74) is -0.750. The van der Waals surface area contributed by atoms with Gasteiger partial charge >= 0.3 is 5.97 Å². The van der Waals surface area contributed by atoms with Crippen molar-refractivity contribution in [3.63, 3.8) is 0 Å². The molecule has 1 saturated carbocycles. The molecular formula is C18H15Cl2NO5S. The predicted molar refractivity (Wildman–Crippen MR) is 101 cm³/mol. The predicted octanol–water partition coefficient (Wildman–Crippen LogP) is 3.54. The molecule has 9 heteroatoms. The van der Waals surface area contributed by atoms with Crippen molar-refractivity contribution in [2.45, 2.75) is 30.1 Å². The molecule has 3 rings (SSSR count). The van der Waals surface area contributed by atoms with Crippen LogP contribution >= 0.6 is 23.2 Å². The average Bonchev–Trinajstić information content (AvgIpc) is 3.35. The Bertz CT molecular complexity index is 1060. The molecule has 1 amide bonds. The zero-order chi connectivity index (χ0) is 20.0. The molecule has 2 aromatic carbocycles. The molecule has 0 heterocycles. The van der Waals surface area contributed by atoms with E-state index in [1.165, 1.54) is 31.2 Å². The van der Waals surface area contributed by atoms with E-state index in [1.807, 2.05) is 4.72 Å². The lowest BCUT2D eigenvalue weighted by molar-refractivity contribution is -0.121. The van der Waals surface area contributed by atoms with Gasteiger partial charge < -0.3 is 5.11 Å². The van der Waals surface area contributed by atoms with E-state index in [2.05, 4.69) is 0 Å². The van der Waals surface area contributed by atoms with E-state index in [9.17, 15) is 23.1 Å². The van der Waals surface area contributed by atoms with Gasteiger partial charge in [-0.3, -0.25) is 4.79 Å². The summed E-state index contributed by atoms with van der Waals surface area (Å²) in [6, 6.07) is 8.75. The highest BCUT2D eigenvalue weighted by atomic mass is 35.5. The highest BCUT2D eigenvalue weighted by molar-refractivity contribution is 7.90. The molecule has 0 saturated heterocycles. The highest BCUT2D eigenvalue weighted by Gasteiger charge is 2.53. The summed E-state index contributed by atoms with van der Waals surface area (Å²) in [6.07, 6.45) is 0.852. The number of sulfonamides is 1. The first-order chi connectivity index (χ1) is 12.6. The summed E-state index contributed by atoms with van der Waals surface area (Å²) >= 11 is 12.1. The van der Waals surface area contributed by atoms with Crippen LogP contribution in [-0.4, -0.2) is 25.4 Å². The maximum Gasteiger partial charge on any atom is 0.337 e. The van der Waals surface area contributed by atoms with Crippen molar-refractivity contribution in [2.24, 2.45) is 0 Å². The number of carboxylic acid groups (broad SMARTS) is 1. The molecule has 27 heavy (non-hydrogen) atoms. The van der Waals surface area contributed by atoms with Crippen LogP contribution in [0.5, 0.6) is 0 Å². The quantitative estimate of drug-likeness (QED) is 0.759. The summed E-state index contributed by atoms with van der Waals surface area (Å²) in [7, 11) is -4.39. The fourth-order valence-corrected chi connectivity index (χ4v) is 5.14. The van der Waals surface area contributed by atoms with E-state index in [0.717, 1.165) is 0 Å². The van der Waals surface area contributed by atoms with Gasteiger partial charge in [-0.05, 0) is 49.1 Å². The van der Waals surface area contributed by atoms with E-state index < -0.39 is 37.8 Å². The SMILES string of the molecule is Cc1cccc(C(=O)O)c1S(=O)(=O)NC(=O)C1(c2ccc(Cl)cc2Cl)CC1. The largest absolute Gasteiger partial charge is 0.478 e. The van der Waals surface area contributed by atoms with Crippen LogP contribution in [0.2, 0.25) is 10.0 Å². The van der Waals surface area contributed by atoms with Gasteiger partial charge in [0, 0.05) is 10.0 Å². The second kappa shape index (κ2) is 6.82. The normalized spacial score (nSPS) is 15.2. The zero-order valence-corrected chi connectivity index (χ0v) is 16.5. The Balaban J connectivity index is 1.98. The van der Waals surface area contributed by atoms with E-state index in [4.69, 9.17) is 23.2 Å². The van der Waals surface area contributed by atoms with Crippen LogP contribution < -0.4 is 4.72 Å². The second-order valence-electron chi connectivity index (χ2n) is 6.40. The molecule has 0 spiro atoms. The van der Waals surface area contributed by atoms with E-state index in [-0.39, 0.29) is 10.6 Å². The number of amides is 1. The molecule has 6 nitrogen and oxygen atoms in total. The summed E-state index contributed by atoms with van der Waals surface area (Å²) in [4.78, 5) is 23.8. The number of hydrogen-bond donors (Lipinski definition) is 2. The number of aryl methyl sites for hydroxylation is 1. The lowest BCUT2D eigenvalue weighted by atomic mass is 9.95. The van der Waals surface area contributed by atoms with Gasteiger partial charge in [-0.2, -0.15) is 0 Å². The van der Waals surface area contributed by atoms with Crippen molar-refractivity contribution in [1.82, 2.24) is 4.72 Å².